The lowest BCUT2D eigenvalue weighted by atomic mass is 9.87. The molecule has 2 aliphatic heterocycles. The van der Waals surface area contributed by atoms with Crippen LogP contribution in [-0.2, 0) is 14.8 Å². The quantitative estimate of drug-likeness (QED) is 0.674. The summed E-state index contributed by atoms with van der Waals surface area (Å²) < 4.78 is 25.1. The van der Waals surface area contributed by atoms with Crippen LogP contribution in [0.2, 0.25) is 0 Å². The highest BCUT2D eigenvalue weighted by molar-refractivity contribution is 7.88. The molecule has 0 aliphatic carbocycles. The van der Waals surface area contributed by atoms with Gasteiger partial charge < -0.3 is 4.90 Å². The number of hydrogen-bond acceptors (Lipinski definition) is 4. The van der Waals surface area contributed by atoms with Crippen LogP contribution < -0.4 is 0 Å². The van der Waals surface area contributed by atoms with Crippen LogP contribution in [0.3, 0.4) is 0 Å². The number of hydrogen-bond donors (Lipinski definition) is 0. The fourth-order valence-electron chi connectivity index (χ4n) is 3.40. The van der Waals surface area contributed by atoms with Gasteiger partial charge in [0.15, 0.2) is 0 Å². The average Bonchev–Trinajstić information content (AvgIpc) is 2.77. The molecule has 2 heterocycles. The minimum atomic E-state index is -3.21. The molecule has 0 saturated carbocycles. The van der Waals surface area contributed by atoms with Gasteiger partial charge in [-0.2, -0.15) is 0 Å². The fourth-order valence-corrected chi connectivity index (χ4v) is 4.29. The summed E-state index contributed by atoms with van der Waals surface area (Å²) in [5.74, 6) is 0.233. The normalized spacial score (nSPS) is 24.5. The van der Waals surface area contributed by atoms with Crippen LogP contribution >= 0.6 is 0 Å². The van der Waals surface area contributed by atoms with Crippen LogP contribution in [-0.4, -0.2) is 49.3 Å². The van der Waals surface area contributed by atoms with Crippen LogP contribution in [0.4, 0.5) is 0 Å². The highest BCUT2D eigenvalue weighted by atomic mass is 32.2. The summed E-state index contributed by atoms with van der Waals surface area (Å²) in [6, 6.07) is 0. The molecular weight excluding hydrogens is 324 g/mol. The van der Waals surface area contributed by atoms with E-state index in [1.807, 2.05) is 36.7 Å². The zero-order valence-electron chi connectivity index (χ0n) is 14.6. The van der Waals surface area contributed by atoms with E-state index in [1.165, 1.54) is 10.6 Å². The Morgan fingerprint density at radius 1 is 1.12 bits per heavy atom. The van der Waals surface area contributed by atoms with E-state index in [0.717, 1.165) is 25.8 Å². The highest BCUT2D eigenvalue weighted by Crippen LogP contribution is 2.30. The Morgan fingerprint density at radius 2 is 1.79 bits per heavy atom. The van der Waals surface area contributed by atoms with Crippen molar-refractivity contribution in [3.63, 3.8) is 0 Å². The van der Waals surface area contributed by atoms with Gasteiger partial charge in [-0.3, -0.25) is 4.79 Å². The molecule has 0 bridgehead atoms. The molecule has 1 unspecified atom stereocenters. The minimum Gasteiger partial charge on any atom is -0.354 e. The third kappa shape index (κ3) is 5.31. The second kappa shape index (κ2) is 8.62. The van der Waals surface area contributed by atoms with E-state index in [9.17, 15) is 13.2 Å². The number of carbonyl (C=O) groups is 1. The molecule has 2 aliphatic rings. The number of allylic oxidation sites excluding steroid dienone is 4. The van der Waals surface area contributed by atoms with Crippen LogP contribution in [0.5, 0.6) is 0 Å². The molecule has 0 aromatic rings. The summed E-state index contributed by atoms with van der Waals surface area (Å²) in [5, 5.41) is 0. The topological polar surface area (TPSA) is 57.7 Å². The molecule has 1 fully saturated rings. The predicted octanol–water partition coefficient (Wildman–Crippen LogP) is 2.54. The molecule has 0 aromatic carbocycles. The van der Waals surface area contributed by atoms with E-state index in [2.05, 4.69) is 11.8 Å². The number of sulfonamides is 1. The molecule has 6 heteroatoms. The summed E-state index contributed by atoms with van der Waals surface area (Å²) in [7, 11) is -3.21. The van der Waals surface area contributed by atoms with E-state index in [1.54, 1.807) is 0 Å². The van der Waals surface area contributed by atoms with Crippen LogP contribution in [0.25, 0.3) is 0 Å². The Morgan fingerprint density at radius 3 is 2.38 bits per heavy atom. The number of carbonyl (C=O) groups excluding carboxylic acids is 1. The minimum absolute atomic E-state index is 0.142. The Labute approximate surface area is 145 Å². The molecule has 0 radical (unpaired) electrons. The van der Waals surface area contributed by atoms with Crippen molar-refractivity contribution in [1.82, 2.24) is 9.21 Å². The maximum absolute atomic E-state index is 12.6. The zero-order valence-corrected chi connectivity index (χ0v) is 15.4. The third-order valence-electron chi connectivity index (χ3n) is 4.68. The molecular formula is C18H28N2O3S. The van der Waals surface area contributed by atoms with Crippen LogP contribution in [0.1, 0.15) is 32.6 Å². The lowest BCUT2D eigenvalue weighted by Gasteiger charge is -2.18. The number of nitrogens with zero attached hydrogens (tertiary/aromatic N) is 2. The van der Waals surface area contributed by atoms with Gasteiger partial charge >= 0.3 is 0 Å². The molecule has 0 N–H and O–H groups in total. The lowest BCUT2D eigenvalue weighted by molar-refractivity contribution is -0.123. The highest BCUT2D eigenvalue weighted by Gasteiger charge is 2.39. The first kappa shape index (κ1) is 18.9. The number of rotatable bonds is 8. The molecule has 5 nitrogen and oxygen atoms in total. The number of Topliss-reactive ketones (excluding diaryl/α,β-unsaturated/α-hetero) is 1. The van der Waals surface area contributed by atoms with E-state index >= 15 is 0 Å². The van der Waals surface area contributed by atoms with Gasteiger partial charge in [-0.15, -0.1) is 0 Å². The lowest BCUT2D eigenvalue weighted by Crippen LogP contribution is -2.29. The summed E-state index contributed by atoms with van der Waals surface area (Å²) in [5.41, 5.74) is 0. The summed E-state index contributed by atoms with van der Waals surface area (Å²) in [6.45, 7) is 3.72. The first-order chi connectivity index (χ1) is 11.4. The van der Waals surface area contributed by atoms with E-state index in [-0.39, 0.29) is 17.6 Å². The predicted molar refractivity (Wildman–Crippen MR) is 96.7 cm³/mol. The van der Waals surface area contributed by atoms with E-state index < -0.39 is 10.0 Å². The van der Waals surface area contributed by atoms with Crippen molar-refractivity contribution < 1.29 is 13.2 Å². The maximum Gasteiger partial charge on any atom is 0.211 e. The molecule has 24 heavy (non-hydrogen) atoms. The zero-order chi connectivity index (χ0) is 17.6. The van der Waals surface area contributed by atoms with Crippen molar-refractivity contribution in [2.75, 3.05) is 25.9 Å². The molecule has 0 amide bonds. The largest absolute Gasteiger partial charge is 0.354 e. The van der Waals surface area contributed by atoms with E-state index in [4.69, 9.17) is 0 Å². The Kier molecular flexibility index (Phi) is 6.80. The van der Waals surface area contributed by atoms with Gasteiger partial charge in [-0.25, -0.2) is 12.7 Å². The fraction of sp³-hybridized carbons (Fsp3) is 0.611. The van der Waals surface area contributed by atoms with Gasteiger partial charge in [-0.1, -0.05) is 25.5 Å². The number of ketones is 1. The van der Waals surface area contributed by atoms with E-state index in [0.29, 0.717) is 19.5 Å². The summed E-state index contributed by atoms with van der Waals surface area (Å²) in [6.07, 6.45) is 16.3. The van der Waals surface area contributed by atoms with Gasteiger partial charge in [0.05, 0.1) is 6.26 Å². The summed E-state index contributed by atoms with van der Waals surface area (Å²) in [4.78, 5) is 14.7. The molecule has 2 atom stereocenters. The van der Waals surface area contributed by atoms with Gasteiger partial charge in [0.2, 0.25) is 10.0 Å². The SMILES string of the molecule is CCC[C@H]1CN(S(C)(=O)=O)CC1C(=O)CCCN1C=CC=CC=C1. The standard InChI is InChI=1S/C18H28N2O3S/c1-3-9-16-14-20(24(2,22)23)15-17(16)18(21)10-8-13-19-11-6-4-5-7-12-19/h4-7,11-12,16-17H,3,8-10,13-15H2,1-2H3/t16-,17?/m0/s1. The first-order valence-electron chi connectivity index (χ1n) is 8.67. The van der Waals surface area contributed by atoms with Gasteiger partial charge in [-0.05, 0) is 30.9 Å². The molecule has 134 valence electrons. The van der Waals surface area contributed by atoms with Crippen molar-refractivity contribution >= 4 is 15.8 Å². The summed E-state index contributed by atoms with van der Waals surface area (Å²) >= 11 is 0. The van der Waals surface area contributed by atoms with Crippen molar-refractivity contribution in [2.24, 2.45) is 11.8 Å². The van der Waals surface area contributed by atoms with Crippen molar-refractivity contribution in [3.05, 3.63) is 36.7 Å². The van der Waals surface area contributed by atoms with Crippen molar-refractivity contribution in [3.8, 4) is 0 Å². The second-order valence-corrected chi connectivity index (χ2v) is 8.59. The Balaban J connectivity index is 1.87. The van der Waals surface area contributed by atoms with Crippen LogP contribution in [0.15, 0.2) is 36.7 Å². The monoisotopic (exact) mass is 352 g/mol. The smallest absolute Gasteiger partial charge is 0.211 e. The first-order valence-corrected chi connectivity index (χ1v) is 10.5. The van der Waals surface area contributed by atoms with Crippen molar-refractivity contribution in [2.45, 2.75) is 32.6 Å². The third-order valence-corrected chi connectivity index (χ3v) is 5.91. The molecule has 0 aromatic heterocycles. The Hall–Kier alpha value is -1.40. The maximum atomic E-state index is 12.6. The van der Waals surface area contributed by atoms with Gasteiger partial charge in [0.1, 0.15) is 5.78 Å². The van der Waals surface area contributed by atoms with Crippen molar-refractivity contribution in [1.29, 1.82) is 0 Å². The molecule has 0 spiro atoms. The second-order valence-electron chi connectivity index (χ2n) is 6.61. The average molecular weight is 352 g/mol. The van der Waals surface area contributed by atoms with Crippen LogP contribution in [0, 0.1) is 11.8 Å². The Bertz CT molecular complexity index is 606. The molecule has 1 saturated heterocycles. The van der Waals surface area contributed by atoms with Gasteiger partial charge in [0, 0.05) is 44.4 Å². The van der Waals surface area contributed by atoms with Gasteiger partial charge in [0.25, 0.3) is 0 Å². The molecule has 2 rings (SSSR count).